The van der Waals surface area contributed by atoms with Crippen molar-refractivity contribution in [3.63, 3.8) is 0 Å². The Morgan fingerprint density at radius 3 is 1.87 bits per heavy atom. The highest BCUT2D eigenvalue weighted by molar-refractivity contribution is 7.49. The maximum absolute atomic E-state index is 13.0. The first-order valence-corrected chi connectivity index (χ1v) is 8.56. The van der Waals surface area contributed by atoms with Crippen LogP contribution in [0, 0.1) is 0 Å². The summed E-state index contributed by atoms with van der Waals surface area (Å²) >= 11 is 0. The molecule has 1 saturated heterocycles. The molecule has 0 N–H and O–H groups in total. The average Bonchev–Trinajstić information content (AvgIpc) is 2.93. The van der Waals surface area contributed by atoms with Crippen LogP contribution >= 0.6 is 7.82 Å². The number of carbonyl (C=O) groups is 1. The number of cyclic esters (lactones) is 1. The Morgan fingerprint density at radius 1 is 0.913 bits per heavy atom. The largest absolute Gasteiger partial charge is 0.590 e. The van der Waals surface area contributed by atoms with E-state index < -0.39 is 20.1 Å². The van der Waals surface area contributed by atoms with Crippen molar-refractivity contribution in [2.75, 3.05) is 0 Å². The Bertz CT molecular complexity index is 658. The predicted molar refractivity (Wildman–Crippen MR) is 81.9 cm³/mol. The molecule has 6 nitrogen and oxygen atoms in total. The van der Waals surface area contributed by atoms with Crippen molar-refractivity contribution in [2.24, 2.45) is 0 Å². The zero-order valence-corrected chi connectivity index (χ0v) is 13.1. The van der Waals surface area contributed by atoms with Crippen LogP contribution in [0.5, 0.6) is 11.5 Å². The lowest BCUT2D eigenvalue weighted by Gasteiger charge is -2.21. The predicted octanol–water partition coefficient (Wildman–Crippen LogP) is 3.93. The van der Waals surface area contributed by atoms with E-state index in [1.807, 2.05) is 0 Å². The molecule has 1 unspecified atom stereocenters. The minimum absolute atomic E-state index is 0.210. The number of phosphoric ester groups is 1. The van der Waals surface area contributed by atoms with Gasteiger partial charge in [0.05, 0.1) is 6.42 Å². The third-order valence-corrected chi connectivity index (χ3v) is 4.38. The van der Waals surface area contributed by atoms with Gasteiger partial charge in [-0.1, -0.05) is 36.4 Å². The van der Waals surface area contributed by atoms with Crippen molar-refractivity contribution < 1.29 is 27.7 Å². The summed E-state index contributed by atoms with van der Waals surface area (Å²) in [6.45, 7) is 0. The van der Waals surface area contributed by atoms with Crippen LogP contribution in [-0.4, -0.2) is 12.3 Å². The lowest BCUT2D eigenvalue weighted by Crippen LogP contribution is -2.15. The zero-order valence-electron chi connectivity index (χ0n) is 12.2. The summed E-state index contributed by atoms with van der Waals surface area (Å²) in [6.07, 6.45) is -0.429. The van der Waals surface area contributed by atoms with E-state index in [4.69, 9.17) is 18.3 Å². The fourth-order valence-electron chi connectivity index (χ4n) is 2.00. The monoisotopic (exact) mass is 334 g/mol. The molecular weight excluding hydrogens is 319 g/mol. The molecule has 0 amide bonds. The Kier molecular flexibility index (Phi) is 4.65. The van der Waals surface area contributed by atoms with Gasteiger partial charge in [-0.15, -0.1) is 0 Å². The molecule has 3 rings (SSSR count). The number of ether oxygens (including phenoxy) is 1. The molecule has 1 aliphatic rings. The highest BCUT2D eigenvalue weighted by atomic mass is 31.2. The van der Waals surface area contributed by atoms with E-state index in [2.05, 4.69) is 0 Å². The minimum Gasteiger partial charge on any atom is -0.435 e. The van der Waals surface area contributed by atoms with Gasteiger partial charge in [-0.2, -0.15) is 0 Å². The number of hydrogen-bond acceptors (Lipinski definition) is 6. The summed E-state index contributed by atoms with van der Waals surface area (Å²) in [5.74, 6) is 0.258. The number of phosphoric acid groups is 1. The standard InChI is InChI=1S/C16H15O6P/c17-15-11-12-16(19-15)22-23(18,20-13-7-3-1-4-8-13)21-14-9-5-2-6-10-14/h1-10,16H,11-12H2. The summed E-state index contributed by atoms with van der Waals surface area (Å²) in [5.41, 5.74) is 0. The normalized spacial score (nSPS) is 17.6. The second kappa shape index (κ2) is 6.86. The van der Waals surface area contributed by atoms with E-state index in [-0.39, 0.29) is 6.42 Å². The van der Waals surface area contributed by atoms with Crippen LogP contribution < -0.4 is 9.05 Å². The molecule has 120 valence electrons. The molecule has 1 atom stereocenters. The molecule has 1 aliphatic heterocycles. The molecule has 23 heavy (non-hydrogen) atoms. The first-order valence-electron chi connectivity index (χ1n) is 7.10. The van der Waals surface area contributed by atoms with Crippen LogP contribution in [-0.2, 0) is 18.6 Å². The number of para-hydroxylation sites is 2. The Hall–Kier alpha value is -2.30. The van der Waals surface area contributed by atoms with Gasteiger partial charge < -0.3 is 13.8 Å². The quantitative estimate of drug-likeness (QED) is 0.589. The van der Waals surface area contributed by atoms with Gasteiger partial charge in [0.25, 0.3) is 0 Å². The first-order chi connectivity index (χ1) is 11.1. The van der Waals surface area contributed by atoms with Gasteiger partial charge in [0.1, 0.15) is 11.5 Å². The van der Waals surface area contributed by atoms with Crippen LogP contribution in [0.2, 0.25) is 0 Å². The van der Waals surface area contributed by atoms with Crippen LogP contribution in [0.3, 0.4) is 0 Å². The summed E-state index contributed by atoms with van der Waals surface area (Å²) in [7, 11) is -4.02. The van der Waals surface area contributed by atoms with Gasteiger partial charge in [0.15, 0.2) is 0 Å². The second-order valence-corrected chi connectivity index (χ2v) is 6.29. The van der Waals surface area contributed by atoms with E-state index in [0.717, 1.165) is 0 Å². The second-order valence-electron chi connectivity index (χ2n) is 4.82. The zero-order chi connectivity index (χ0) is 16.1. The third kappa shape index (κ3) is 4.34. The van der Waals surface area contributed by atoms with E-state index in [0.29, 0.717) is 17.9 Å². The molecule has 0 aromatic heterocycles. The van der Waals surface area contributed by atoms with Crippen molar-refractivity contribution in [1.29, 1.82) is 0 Å². The van der Waals surface area contributed by atoms with Crippen molar-refractivity contribution in [1.82, 2.24) is 0 Å². The fraction of sp³-hybridized carbons (Fsp3) is 0.188. The smallest absolute Gasteiger partial charge is 0.435 e. The SMILES string of the molecule is O=C1CCC(OP(=O)(Oc2ccccc2)Oc2ccccc2)O1. The Balaban J connectivity index is 1.79. The number of benzene rings is 2. The topological polar surface area (TPSA) is 71.1 Å². The molecule has 0 spiro atoms. The Labute approximate surface area is 133 Å². The molecule has 1 fully saturated rings. The summed E-state index contributed by atoms with van der Waals surface area (Å²) in [4.78, 5) is 11.2. The molecular formula is C16H15O6P. The molecule has 0 saturated carbocycles. The van der Waals surface area contributed by atoms with Crippen LogP contribution in [0.25, 0.3) is 0 Å². The molecule has 2 aromatic carbocycles. The van der Waals surface area contributed by atoms with Crippen LogP contribution in [0.1, 0.15) is 12.8 Å². The maximum Gasteiger partial charge on any atom is 0.590 e. The highest BCUT2D eigenvalue weighted by Crippen LogP contribution is 2.51. The van der Waals surface area contributed by atoms with Gasteiger partial charge in [-0.05, 0) is 24.3 Å². The molecule has 0 bridgehead atoms. The van der Waals surface area contributed by atoms with Crippen LogP contribution in [0.4, 0.5) is 0 Å². The van der Waals surface area contributed by atoms with Gasteiger partial charge in [0, 0.05) is 6.42 Å². The number of carbonyl (C=O) groups excluding carboxylic acids is 1. The maximum atomic E-state index is 13.0. The molecule has 2 aromatic rings. The van der Waals surface area contributed by atoms with E-state index in [1.54, 1.807) is 60.7 Å². The summed E-state index contributed by atoms with van der Waals surface area (Å²) in [5, 5.41) is 0. The summed E-state index contributed by atoms with van der Waals surface area (Å²) < 4.78 is 34.1. The van der Waals surface area contributed by atoms with Gasteiger partial charge in [0.2, 0.25) is 6.29 Å². The fourth-order valence-corrected chi connectivity index (χ4v) is 3.32. The minimum atomic E-state index is -4.02. The molecule has 0 aliphatic carbocycles. The Morgan fingerprint density at radius 2 is 1.43 bits per heavy atom. The van der Waals surface area contributed by atoms with Gasteiger partial charge in [-0.25, -0.2) is 9.09 Å². The van der Waals surface area contributed by atoms with Gasteiger partial charge >= 0.3 is 13.8 Å². The van der Waals surface area contributed by atoms with Crippen molar-refractivity contribution in [3.05, 3.63) is 60.7 Å². The molecule has 0 radical (unpaired) electrons. The molecule has 1 heterocycles. The first kappa shape index (κ1) is 15.6. The van der Waals surface area contributed by atoms with Crippen molar-refractivity contribution >= 4 is 13.8 Å². The summed E-state index contributed by atoms with van der Waals surface area (Å²) in [6, 6.07) is 17.1. The number of hydrogen-bond donors (Lipinski definition) is 0. The average molecular weight is 334 g/mol. The van der Waals surface area contributed by atoms with Gasteiger partial charge in [-0.3, -0.25) is 4.79 Å². The van der Waals surface area contributed by atoms with E-state index >= 15 is 0 Å². The lowest BCUT2D eigenvalue weighted by atomic mass is 10.3. The van der Waals surface area contributed by atoms with Crippen LogP contribution in [0.15, 0.2) is 60.7 Å². The number of esters is 1. The van der Waals surface area contributed by atoms with Crippen molar-refractivity contribution in [3.8, 4) is 11.5 Å². The van der Waals surface area contributed by atoms with E-state index in [1.165, 1.54) is 0 Å². The molecule has 7 heteroatoms. The van der Waals surface area contributed by atoms with Crippen molar-refractivity contribution in [2.45, 2.75) is 19.1 Å². The lowest BCUT2D eigenvalue weighted by molar-refractivity contribution is -0.151. The number of rotatable bonds is 6. The third-order valence-electron chi connectivity index (χ3n) is 3.01. The van der Waals surface area contributed by atoms with E-state index in [9.17, 15) is 9.36 Å². The highest BCUT2D eigenvalue weighted by Gasteiger charge is 2.38.